The molecule has 0 aromatic rings. The molecule has 0 spiro atoms. The lowest BCUT2D eigenvalue weighted by Crippen LogP contribution is -2.02. The average Bonchev–Trinajstić information content (AvgIpc) is 1.88. The van der Waals surface area contributed by atoms with Crippen LogP contribution in [0.1, 0.15) is 13.8 Å². The van der Waals surface area contributed by atoms with E-state index in [4.69, 9.17) is 8.85 Å². The lowest BCUT2D eigenvalue weighted by molar-refractivity contribution is 0.240. The fraction of sp³-hybridized carbons (Fsp3) is 1.00. The zero-order valence-electron chi connectivity index (χ0n) is 8.39. The third kappa shape index (κ3) is 39.4. The standard InChI is InChI=1S/C4H12O2Si.C3H9N/c1-3-5-7-6-4-2;1-4(2)3/h3-4,7H2,1-2H3;1-3H3. The van der Waals surface area contributed by atoms with Gasteiger partial charge in [0.05, 0.1) is 0 Å². The second-order valence-electron chi connectivity index (χ2n) is 2.45. The molecule has 0 rings (SSSR count). The maximum absolute atomic E-state index is 4.99. The van der Waals surface area contributed by atoms with Gasteiger partial charge in [0.1, 0.15) is 0 Å². The Kier molecular flexibility index (Phi) is 15.8. The smallest absolute Gasteiger partial charge is 0.304 e. The summed E-state index contributed by atoms with van der Waals surface area (Å²) in [6, 6.07) is 0. The van der Waals surface area contributed by atoms with Gasteiger partial charge in [-0.3, -0.25) is 0 Å². The second-order valence-corrected chi connectivity index (χ2v) is 3.50. The second kappa shape index (κ2) is 12.7. The Balaban J connectivity index is 0. The van der Waals surface area contributed by atoms with E-state index in [2.05, 4.69) is 0 Å². The van der Waals surface area contributed by atoms with Gasteiger partial charge < -0.3 is 13.8 Å². The Hall–Kier alpha value is 0.0969. The van der Waals surface area contributed by atoms with Crippen LogP contribution in [0.3, 0.4) is 0 Å². The molecule has 4 heteroatoms. The molecule has 11 heavy (non-hydrogen) atoms. The van der Waals surface area contributed by atoms with Crippen LogP contribution in [0.4, 0.5) is 0 Å². The van der Waals surface area contributed by atoms with E-state index in [0.717, 1.165) is 13.2 Å². The van der Waals surface area contributed by atoms with Crippen LogP contribution >= 0.6 is 0 Å². The summed E-state index contributed by atoms with van der Waals surface area (Å²) >= 11 is 0. The van der Waals surface area contributed by atoms with Crippen LogP contribution < -0.4 is 0 Å². The molecule has 0 fully saturated rings. The predicted molar refractivity (Wildman–Crippen MR) is 51.4 cm³/mol. The van der Waals surface area contributed by atoms with Crippen LogP contribution in [0.2, 0.25) is 0 Å². The first-order valence-electron chi connectivity index (χ1n) is 3.91. The molecule has 0 amide bonds. The van der Waals surface area contributed by atoms with Gasteiger partial charge in [0.2, 0.25) is 0 Å². The normalized spacial score (nSPS) is 9.27. The van der Waals surface area contributed by atoms with Crippen molar-refractivity contribution >= 4 is 10.0 Å². The Morgan fingerprint density at radius 1 is 1.00 bits per heavy atom. The van der Waals surface area contributed by atoms with Crippen LogP contribution in [0.25, 0.3) is 0 Å². The zero-order chi connectivity index (χ0) is 9.11. The Morgan fingerprint density at radius 2 is 1.27 bits per heavy atom. The van der Waals surface area contributed by atoms with Crippen molar-refractivity contribution in [2.24, 2.45) is 0 Å². The van der Waals surface area contributed by atoms with Crippen molar-refractivity contribution in [1.29, 1.82) is 0 Å². The lowest BCUT2D eigenvalue weighted by atomic mass is 10.9. The van der Waals surface area contributed by atoms with Gasteiger partial charge in [0, 0.05) is 13.2 Å². The molecule has 0 aromatic heterocycles. The fourth-order valence-electron chi connectivity index (χ4n) is 0.226. The molecule has 0 saturated carbocycles. The third-order valence-corrected chi connectivity index (χ3v) is 1.72. The average molecular weight is 179 g/mol. The molecule has 0 unspecified atom stereocenters. The van der Waals surface area contributed by atoms with Crippen LogP contribution in [-0.4, -0.2) is 49.3 Å². The molecule has 0 aliphatic carbocycles. The number of nitrogens with zero attached hydrogens (tertiary/aromatic N) is 1. The van der Waals surface area contributed by atoms with Crippen molar-refractivity contribution in [2.45, 2.75) is 13.8 Å². The highest BCUT2D eigenvalue weighted by molar-refractivity contribution is 6.17. The molecule has 0 atom stereocenters. The van der Waals surface area contributed by atoms with E-state index < -0.39 is 10.0 Å². The van der Waals surface area contributed by atoms with E-state index in [-0.39, 0.29) is 0 Å². The minimum Gasteiger partial charge on any atom is -0.399 e. The third-order valence-electron chi connectivity index (χ3n) is 0.575. The molecule has 0 N–H and O–H groups in total. The summed E-state index contributed by atoms with van der Waals surface area (Å²) in [6.45, 7) is 5.55. The van der Waals surface area contributed by atoms with Crippen LogP contribution in [-0.2, 0) is 8.85 Å². The summed E-state index contributed by atoms with van der Waals surface area (Å²) in [4.78, 5) is 2.00. The number of rotatable bonds is 4. The summed E-state index contributed by atoms with van der Waals surface area (Å²) in [7, 11) is 5.41. The molecule has 0 bridgehead atoms. The Bertz CT molecular complexity index is 55.6. The maximum atomic E-state index is 4.99. The molecule has 3 nitrogen and oxygen atoms in total. The molecule has 0 aromatic carbocycles. The molecule has 0 radical (unpaired) electrons. The monoisotopic (exact) mass is 179 g/mol. The van der Waals surface area contributed by atoms with E-state index in [1.54, 1.807) is 0 Å². The summed E-state index contributed by atoms with van der Waals surface area (Å²) in [6.07, 6.45) is 0. The van der Waals surface area contributed by atoms with Gasteiger partial charge in [-0.1, -0.05) is 0 Å². The van der Waals surface area contributed by atoms with Crippen molar-refractivity contribution in [3.05, 3.63) is 0 Å². The van der Waals surface area contributed by atoms with E-state index in [9.17, 15) is 0 Å². The van der Waals surface area contributed by atoms with Gasteiger partial charge in [-0.25, -0.2) is 0 Å². The van der Waals surface area contributed by atoms with Crippen molar-refractivity contribution in [3.63, 3.8) is 0 Å². The van der Waals surface area contributed by atoms with Gasteiger partial charge >= 0.3 is 10.0 Å². The SMILES string of the molecule is CCO[SiH2]OCC.CN(C)C. The van der Waals surface area contributed by atoms with Crippen LogP contribution in [0.15, 0.2) is 0 Å². The molecule has 0 heterocycles. The maximum Gasteiger partial charge on any atom is 0.304 e. The molecule has 0 saturated heterocycles. The van der Waals surface area contributed by atoms with Gasteiger partial charge in [-0.15, -0.1) is 0 Å². The van der Waals surface area contributed by atoms with Crippen molar-refractivity contribution in [2.75, 3.05) is 34.4 Å². The lowest BCUT2D eigenvalue weighted by Gasteiger charge is -1.96. The number of hydrogen-bond donors (Lipinski definition) is 0. The predicted octanol–water partition coefficient (Wildman–Crippen LogP) is 0.236. The van der Waals surface area contributed by atoms with Gasteiger partial charge in [0.25, 0.3) is 0 Å². The quantitative estimate of drug-likeness (QED) is 0.456. The first-order valence-corrected chi connectivity index (χ1v) is 5.07. The summed E-state index contributed by atoms with van der Waals surface area (Å²) in [5, 5.41) is 0. The molecular weight excluding hydrogens is 158 g/mol. The van der Waals surface area contributed by atoms with E-state index in [1.165, 1.54) is 0 Å². The van der Waals surface area contributed by atoms with Crippen molar-refractivity contribution in [3.8, 4) is 0 Å². The van der Waals surface area contributed by atoms with Crippen molar-refractivity contribution in [1.82, 2.24) is 4.90 Å². The molecule has 0 aliphatic heterocycles. The highest BCUT2D eigenvalue weighted by atomic mass is 28.3. The van der Waals surface area contributed by atoms with Gasteiger partial charge in [0.15, 0.2) is 0 Å². The van der Waals surface area contributed by atoms with E-state index in [0.29, 0.717) is 0 Å². The highest BCUT2D eigenvalue weighted by Gasteiger charge is 1.79. The largest absolute Gasteiger partial charge is 0.399 e. The molecule has 70 valence electrons. The minimum absolute atomic E-state index is 0.589. The zero-order valence-corrected chi connectivity index (χ0v) is 9.80. The summed E-state index contributed by atoms with van der Waals surface area (Å²) < 4.78 is 9.98. The van der Waals surface area contributed by atoms with E-state index >= 15 is 0 Å². The molecular formula is C7H21NO2Si. The topological polar surface area (TPSA) is 21.7 Å². The van der Waals surface area contributed by atoms with E-state index in [1.807, 2.05) is 39.9 Å². The first-order chi connectivity index (χ1) is 5.15. The first kappa shape index (κ1) is 13.7. The van der Waals surface area contributed by atoms with Gasteiger partial charge in [-0.2, -0.15) is 0 Å². The highest BCUT2D eigenvalue weighted by Crippen LogP contribution is 1.70. The number of hydrogen-bond acceptors (Lipinski definition) is 3. The van der Waals surface area contributed by atoms with Crippen LogP contribution in [0.5, 0.6) is 0 Å². The van der Waals surface area contributed by atoms with Crippen molar-refractivity contribution < 1.29 is 8.85 Å². The fourth-order valence-corrected chi connectivity index (χ4v) is 0.677. The summed E-state index contributed by atoms with van der Waals surface area (Å²) in [5.41, 5.74) is 0. The Morgan fingerprint density at radius 3 is 1.45 bits per heavy atom. The minimum atomic E-state index is -0.589. The summed E-state index contributed by atoms with van der Waals surface area (Å²) in [5.74, 6) is 0. The van der Waals surface area contributed by atoms with Gasteiger partial charge in [-0.05, 0) is 35.0 Å². The van der Waals surface area contributed by atoms with Crippen LogP contribution in [0, 0.1) is 0 Å². The molecule has 0 aliphatic rings. The Labute approximate surface area is 72.7 Å².